The Morgan fingerprint density at radius 3 is 1.88 bits per heavy atom. The quantitative estimate of drug-likeness (QED) is 0.823. The molecule has 0 aliphatic heterocycles. The summed E-state index contributed by atoms with van der Waals surface area (Å²) < 4.78 is 0. The van der Waals surface area contributed by atoms with Gasteiger partial charge in [0.1, 0.15) is 0 Å². The molecule has 0 amide bonds. The standard InChI is InChI=1S/C15H25NO/c1-10(2)9-14(17)15(16)13-7-5-12(6-8-13)11(3)4/h5-8,10-11,14-15,17H,9,16H2,1-4H3/t14-,15+/m1/s1. The van der Waals surface area contributed by atoms with Crippen LogP contribution in [0.5, 0.6) is 0 Å². The molecule has 2 nitrogen and oxygen atoms in total. The van der Waals surface area contributed by atoms with Gasteiger partial charge in [0.2, 0.25) is 0 Å². The Morgan fingerprint density at radius 1 is 1.00 bits per heavy atom. The Bertz CT molecular complexity index is 329. The predicted octanol–water partition coefficient (Wildman–Crippen LogP) is 3.22. The lowest BCUT2D eigenvalue weighted by molar-refractivity contribution is 0.121. The van der Waals surface area contributed by atoms with Crippen LogP contribution in [-0.2, 0) is 0 Å². The lowest BCUT2D eigenvalue weighted by Crippen LogP contribution is -2.27. The summed E-state index contributed by atoms with van der Waals surface area (Å²) in [5.41, 5.74) is 8.38. The van der Waals surface area contributed by atoms with Gasteiger partial charge in [-0.2, -0.15) is 0 Å². The van der Waals surface area contributed by atoms with Gasteiger partial charge in [-0.15, -0.1) is 0 Å². The van der Waals surface area contributed by atoms with Crippen LogP contribution in [0.4, 0.5) is 0 Å². The summed E-state index contributed by atoms with van der Waals surface area (Å²) in [6.45, 7) is 8.53. The second-order valence-electron chi connectivity index (χ2n) is 5.54. The van der Waals surface area contributed by atoms with Crippen molar-refractivity contribution >= 4 is 0 Å². The van der Waals surface area contributed by atoms with Crippen molar-refractivity contribution in [3.63, 3.8) is 0 Å². The Labute approximate surface area is 105 Å². The molecular weight excluding hydrogens is 210 g/mol. The maximum absolute atomic E-state index is 10.00. The molecule has 0 radical (unpaired) electrons. The van der Waals surface area contributed by atoms with Gasteiger partial charge in [0.25, 0.3) is 0 Å². The smallest absolute Gasteiger partial charge is 0.0735 e. The molecule has 0 bridgehead atoms. The van der Waals surface area contributed by atoms with Crippen LogP contribution >= 0.6 is 0 Å². The first-order valence-corrected chi connectivity index (χ1v) is 6.45. The molecular formula is C15H25NO. The number of hydrogen-bond acceptors (Lipinski definition) is 2. The minimum absolute atomic E-state index is 0.279. The molecule has 0 fully saturated rings. The van der Waals surface area contributed by atoms with Crippen molar-refractivity contribution in [2.24, 2.45) is 11.7 Å². The van der Waals surface area contributed by atoms with Crippen molar-refractivity contribution in [2.45, 2.75) is 52.2 Å². The molecule has 0 aliphatic carbocycles. The van der Waals surface area contributed by atoms with Crippen LogP contribution in [0.25, 0.3) is 0 Å². The van der Waals surface area contributed by atoms with E-state index in [1.165, 1.54) is 5.56 Å². The summed E-state index contributed by atoms with van der Waals surface area (Å²) >= 11 is 0. The zero-order chi connectivity index (χ0) is 13.0. The lowest BCUT2D eigenvalue weighted by atomic mass is 9.93. The predicted molar refractivity (Wildman–Crippen MR) is 72.9 cm³/mol. The van der Waals surface area contributed by atoms with Crippen LogP contribution in [0.3, 0.4) is 0 Å². The van der Waals surface area contributed by atoms with E-state index in [9.17, 15) is 5.11 Å². The number of rotatable bonds is 5. The van der Waals surface area contributed by atoms with E-state index in [0.29, 0.717) is 11.8 Å². The number of aliphatic hydroxyl groups excluding tert-OH is 1. The molecule has 0 saturated heterocycles. The first-order chi connectivity index (χ1) is 7.91. The molecule has 0 heterocycles. The summed E-state index contributed by atoms with van der Waals surface area (Å²) in [5.74, 6) is 0.992. The fraction of sp³-hybridized carbons (Fsp3) is 0.600. The van der Waals surface area contributed by atoms with E-state index in [2.05, 4.69) is 39.8 Å². The molecule has 0 aliphatic rings. The van der Waals surface area contributed by atoms with Crippen LogP contribution in [0.2, 0.25) is 0 Å². The van der Waals surface area contributed by atoms with E-state index in [1.807, 2.05) is 12.1 Å². The van der Waals surface area contributed by atoms with Crippen LogP contribution in [-0.4, -0.2) is 11.2 Å². The highest BCUT2D eigenvalue weighted by Crippen LogP contribution is 2.22. The highest BCUT2D eigenvalue weighted by Gasteiger charge is 2.17. The van der Waals surface area contributed by atoms with Crippen molar-refractivity contribution < 1.29 is 5.11 Å². The van der Waals surface area contributed by atoms with Crippen molar-refractivity contribution in [3.8, 4) is 0 Å². The van der Waals surface area contributed by atoms with Crippen molar-refractivity contribution in [2.75, 3.05) is 0 Å². The maximum atomic E-state index is 10.00. The Balaban J connectivity index is 2.72. The van der Waals surface area contributed by atoms with E-state index < -0.39 is 6.10 Å². The number of hydrogen-bond donors (Lipinski definition) is 2. The van der Waals surface area contributed by atoms with Gasteiger partial charge in [0.05, 0.1) is 12.1 Å². The van der Waals surface area contributed by atoms with Gasteiger partial charge in [-0.1, -0.05) is 52.0 Å². The van der Waals surface area contributed by atoms with E-state index in [4.69, 9.17) is 5.73 Å². The highest BCUT2D eigenvalue weighted by molar-refractivity contribution is 5.27. The number of aliphatic hydroxyl groups is 1. The van der Waals surface area contributed by atoms with E-state index in [0.717, 1.165) is 12.0 Å². The van der Waals surface area contributed by atoms with E-state index >= 15 is 0 Å². The molecule has 1 aromatic rings. The topological polar surface area (TPSA) is 46.2 Å². The minimum Gasteiger partial charge on any atom is -0.391 e. The fourth-order valence-corrected chi connectivity index (χ4v) is 1.95. The van der Waals surface area contributed by atoms with Gasteiger partial charge >= 0.3 is 0 Å². The first-order valence-electron chi connectivity index (χ1n) is 6.45. The third-order valence-corrected chi connectivity index (χ3v) is 3.12. The SMILES string of the molecule is CC(C)C[C@@H](O)[C@@H](N)c1ccc(C(C)C)cc1. The third kappa shape index (κ3) is 4.14. The molecule has 0 spiro atoms. The molecule has 2 heteroatoms. The molecule has 0 aromatic heterocycles. The van der Waals surface area contributed by atoms with Crippen molar-refractivity contribution in [1.82, 2.24) is 0 Å². The Hall–Kier alpha value is -0.860. The van der Waals surface area contributed by atoms with Gasteiger partial charge in [-0.05, 0) is 29.4 Å². The number of nitrogens with two attached hydrogens (primary N) is 1. The Morgan fingerprint density at radius 2 is 1.47 bits per heavy atom. The summed E-state index contributed by atoms with van der Waals surface area (Å²) in [4.78, 5) is 0. The summed E-state index contributed by atoms with van der Waals surface area (Å²) in [6.07, 6.45) is 0.285. The summed E-state index contributed by atoms with van der Waals surface area (Å²) in [7, 11) is 0. The molecule has 0 saturated carbocycles. The average molecular weight is 235 g/mol. The molecule has 0 unspecified atom stereocenters. The monoisotopic (exact) mass is 235 g/mol. The van der Waals surface area contributed by atoms with Crippen molar-refractivity contribution in [3.05, 3.63) is 35.4 Å². The molecule has 3 N–H and O–H groups in total. The largest absolute Gasteiger partial charge is 0.391 e. The minimum atomic E-state index is -0.458. The van der Waals surface area contributed by atoms with E-state index in [-0.39, 0.29) is 6.04 Å². The van der Waals surface area contributed by atoms with E-state index in [1.54, 1.807) is 0 Å². The van der Waals surface area contributed by atoms with Crippen LogP contribution in [0, 0.1) is 5.92 Å². The second-order valence-corrected chi connectivity index (χ2v) is 5.54. The number of benzene rings is 1. The van der Waals surface area contributed by atoms with Crippen LogP contribution in [0.15, 0.2) is 24.3 Å². The van der Waals surface area contributed by atoms with Gasteiger partial charge in [0.15, 0.2) is 0 Å². The highest BCUT2D eigenvalue weighted by atomic mass is 16.3. The molecule has 17 heavy (non-hydrogen) atoms. The maximum Gasteiger partial charge on any atom is 0.0735 e. The molecule has 96 valence electrons. The second kappa shape index (κ2) is 6.18. The van der Waals surface area contributed by atoms with Crippen molar-refractivity contribution in [1.29, 1.82) is 0 Å². The first kappa shape index (κ1) is 14.2. The normalized spacial score (nSPS) is 15.3. The average Bonchev–Trinajstić information content (AvgIpc) is 2.27. The molecule has 2 atom stereocenters. The van der Waals surface area contributed by atoms with Gasteiger partial charge in [-0.25, -0.2) is 0 Å². The van der Waals surface area contributed by atoms with Crippen LogP contribution < -0.4 is 5.73 Å². The van der Waals surface area contributed by atoms with Gasteiger partial charge in [0, 0.05) is 0 Å². The summed E-state index contributed by atoms with van der Waals surface area (Å²) in [6, 6.07) is 7.98. The van der Waals surface area contributed by atoms with Gasteiger partial charge in [-0.3, -0.25) is 0 Å². The lowest BCUT2D eigenvalue weighted by Gasteiger charge is -2.21. The zero-order valence-electron chi connectivity index (χ0n) is 11.4. The summed E-state index contributed by atoms with van der Waals surface area (Å²) in [5, 5.41) is 10.00. The van der Waals surface area contributed by atoms with Crippen LogP contribution in [0.1, 0.15) is 57.2 Å². The third-order valence-electron chi connectivity index (χ3n) is 3.12. The fourth-order valence-electron chi connectivity index (χ4n) is 1.95. The zero-order valence-corrected chi connectivity index (χ0v) is 11.4. The van der Waals surface area contributed by atoms with Gasteiger partial charge < -0.3 is 10.8 Å². The molecule has 1 rings (SSSR count). The Kier molecular flexibility index (Phi) is 5.16. The molecule has 1 aromatic carbocycles.